The van der Waals surface area contributed by atoms with E-state index in [1.165, 1.54) is 6.92 Å². The zero-order valence-corrected chi connectivity index (χ0v) is 22.1. The molecule has 3 heterocycles. The third-order valence-electron chi connectivity index (χ3n) is 6.88. The van der Waals surface area contributed by atoms with Gasteiger partial charge in [-0.1, -0.05) is 0 Å². The van der Waals surface area contributed by atoms with Crippen molar-refractivity contribution in [3.05, 3.63) is 28.5 Å². The van der Waals surface area contributed by atoms with Gasteiger partial charge in [0.05, 0.1) is 23.6 Å². The molecule has 2 amide bonds. The molecule has 0 spiro atoms. The van der Waals surface area contributed by atoms with Crippen LogP contribution in [0.25, 0.3) is 10.4 Å². The first-order valence-corrected chi connectivity index (χ1v) is 13.2. The van der Waals surface area contributed by atoms with E-state index < -0.39 is 84.6 Å². The predicted octanol–water partition coefficient (Wildman–Crippen LogP) is 5.02. The Hall–Kier alpha value is -3.01. The average molecular weight is 598 g/mol. The number of carbonyl (C=O) groups excluding carboxylic acids is 2. The summed E-state index contributed by atoms with van der Waals surface area (Å²) in [6.07, 6.45) is -6.98. The molecular formula is C24H26F7N5O3S. The van der Waals surface area contributed by atoms with Crippen LogP contribution in [0.5, 0.6) is 0 Å². The molecule has 1 aliphatic carbocycles. The number of anilines is 1. The number of rotatable bonds is 7. The first kappa shape index (κ1) is 30.0. The molecule has 2 aliphatic rings. The molecule has 1 unspecified atom stereocenters. The molecule has 1 aliphatic heterocycles. The Kier molecular flexibility index (Phi) is 8.32. The molecule has 40 heavy (non-hydrogen) atoms. The fraction of sp³-hybridized carbons (Fsp3) is 0.583. The summed E-state index contributed by atoms with van der Waals surface area (Å²) in [6.45, 7) is 1.21. The van der Waals surface area contributed by atoms with Gasteiger partial charge in [0.25, 0.3) is 24.2 Å². The highest BCUT2D eigenvalue weighted by Crippen LogP contribution is 2.40. The van der Waals surface area contributed by atoms with Gasteiger partial charge in [-0.25, -0.2) is 27.5 Å². The quantitative estimate of drug-likeness (QED) is 0.387. The molecule has 0 aromatic carbocycles. The molecular weight excluding hydrogens is 571 g/mol. The van der Waals surface area contributed by atoms with Crippen LogP contribution in [-0.2, 0) is 0 Å². The fourth-order valence-corrected chi connectivity index (χ4v) is 5.72. The van der Waals surface area contributed by atoms with Gasteiger partial charge >= 0.3 is 6.18 Å². The monoisotopic (exact) mass is 597 g/mol. The van der Waals surface area contributed by atoms with E-state index in [0.29, 0.717) is 36.7 Å². The summed E-state index contributed by atoms with van der Waals surface area (Å²) >= 11 is 0.536. The number of hydrogen-bond acceptors (Lipinski definition) is 7. The predicted molar refractivity (Wildman–Crippen MR) is 131 cm³/mol. The maximum absolute atomic E-state index is 14.1. The topological polar surface area (TPSA) is 107 Å². The minimum atomic E-state index is -4.69. The van der Waals surface area contributed by atoms with Crippen molar-refractivity contribution in [3.63, 3.8) is 0 Å². The second-order valence-electron chi connectivity index (χ2n) is 9.98. The van der Waals surface area contributed by atoms with Crippen LogP contribution in [0.2, 0.25) is 0 Å². The van der Waals surface area contributed by atoms with Crippen LogP contribution in [0.4, 0.5) is 36.6 Å². The van der Waals surface area contributed by atoms with Gasteiger partial charge in [-0.15, -0.1) is 11.3 Å². The summed E-state index contributed by atoms with van der Waals surface area (Å²) in [5.41, 5.74) is -1.73. The maximum Gasteiger partial charge on any atom is 0.408 e. The highest BCUT2D eigenvalue weighted by molar-refractivity contribution is 7.17. The lowest BCUT2D eigenvalue weighted by Crippen LogP contribution is -2.40. The first-order chi connectivity index (χ1) is 18.6. The Morgan fingerprint density at radius 2 is 1.95 bits per heavy atom. The summed E-state index contributed by atoms with van der Waals surface area (Å²) in [6, 6.07) is -2.95. The number of carbonyl (C=O) groups is 2. The Labute approximate surface area is 228 Å². The van der Waals surface area contributed by atoms with Crippen molar-refractivity contribution >= 4 is 29.0 Å². The van der Waals surface area contributed by atoms with Crippen molar-refractivity contribution in [2.75, 3.05) is 11.9 Å². The van der Waals surface area contributed by atoms with E-state index in [-0.39, 0.29) is 15.4 Å². The van der Waals surface area contributed by atoms with Crippen molar-refractivity contribution in [2.45, 2.75) is 82.3 Å². The molecule has 1 saturated carbocycles. The lowest BCUT2D eigenvalue weighted by atomic mass is 10.1. The normalized spacial score (nSPS) is 23.5. The van der Waals surface area contributed by atoms with Gasteiger partial charge in [0, 0.05) is 29.8 Å². The minimum absolute atomic E-state index is 0.275. The Morgan fingerprint density at radius 1 is 1.25 bits per heavy atom. The van der Waals surface area contributed by atoms with Crippen LogP contribution in [0.3, 0.4) is 0 Å². The van der Waals surface area contributed by atoms with Crippen LogP contribution < -0.4 is 10.6 Å². The molecule has 3 N–H and O–H groups in total. The second-order valence-corrected chi connectivity index (χ2v) is 11.0. The van der Waals surface area contributed by atoms with E-state index in [9.17, 15) is 45.4 Å². The van der Waals surface area contributed by atoms with Crippen molar-refractivity contribution in [2.24, 2.45) is 0 Å². The zero-order valence-electron chi connectivity index (χ0n) is 21.2. The highest BCUT2D eigenvalue weighted by atomic mass is 32.1. The number of aromatic nitrogens is 2. The smallest absolute Gasteiger partial charge is 0.391 e. The Balaban J connectivity index is 1.76. The maximum atomic E-state index is 14.1. The molecule has 1 saturated heterocycles. The van der Waals surface area contributed by atoms with Gasteiger partial charge in [0.1, 0.15) is 17.6 Å². The van der Waals surface area contributed by atoms with Gasteiger partial charge in [-0.3, -0.25) is 9.59 Å². The zero-order chi connectivity index (χ0) is 29.6. The van der Waals surface area contributed by atoms with E-state index in [2.05, 4.69) is 15.3 Å². The third-order valence-corrected chi connectivity index (χ3v) is 7.97. The van der Waals surface area contributed by atoms with Crippen molar-refractivity contribution < 1.29 is 45.4 Å². The van der Waals surface area contributed by atoms with E-state index in [0.717, 1.165) is 18.0 Å². The number of thiazole rings is 1. The summed E-state index contributed by atoms with van der Waals surface area (Å²) in [5.74, 6) is -5.53. The average Bonchev–Trinajstić information content (AvgIpc) is 3.54. The number of pyridine rings is 1. The fourth-order valence-electron chi connectivity index (χ4n) is 4.73. The number of halogens is 7. The molecule has 16 heteroatoms. The van der Waals surface area contributed by atoms with Crippen LogP contribution in [0.1, 0.15) is 71.8 Å². The van der Waals surface area contributed by atoms with Crippen molar-refractivity contribution in [3.8, 4) is 10.4 Å². The molecule has 2 fully saturated rings. The van der Waals surface area contributed by atoms with Gasteiger partial charge in [0.2, 0.25) is 0 Å². The van der Waals surface area contributed by atoms with Crippen LogP contribution in [-0.4, -0.2) is 74.7 Å². The molecule has 2 aromatic heterocycles. The Morgan fingerprint density at radius 3 is 2.50 bits per heavy atom. The van der Waals surface area contributed by atoms with Crippen LogP contribution in [0.15, 0.2) is 12.3 Å². The molecule has 4 rings (SSSR count). The lowest BCUT2D eigenvalue weighted by molar-refractivity contribution is -0.138. The number of nitrogens with one attached hydrogen (secondary N) is 2. The number of aliphatic hydroxyl groups is 1. The largest absolute Gasteiger partial charge is 0.408 e. The summed E-state index contributed by atoms with van der Waals surface area (Å²) < 4.78 is 95.3. The van der Waals surface area contributed by atoms with Crippen LogP contribution in [0, 0.1) is 0 Å². The molecule has 2 aromatic rings. The van der Waals surface area contributed by atoms with Crippen molar-refractivity contribution in [1.29, 1.82) is 0 Å². The van der Waals surface area contributed by atoms with E-state index in [1.807, 2.05) is 5.32 Å². The van der Waals surface area contributed by atoms with E-state index in [1.54, 1.807) is 0 Å². The number of hydrogen-bond donors (Lipinski definition) is 3. The van der Waals surface area contributed by atoms with Gasteiger partial charge < -0.3 is 20.6 Å². The summed E-state index contributed by atoms with van der Waals surface area (Å²) in [4.78, 5) is 34.7. The minimum Gasteiger partial charge on any atom is -0.391 e. The molecule has 220 valence electrons. The Bertz CT molecular complexity index is 1270. The molecule has 8 nitrogen and oxygen atoms in total. The molecule has 0 bridgehead atoms. The number of alkyl halides is 7. The van der Waals surface area contributed by atoms with E-state index in [4.69, 9.17) is 0 Å². The van der Waals surface area contributed by atoms with Crippen LogP contribution >= 0.6 is 11.3 Å². The number of amides is 2. The lowest BCUT2D eigenvalue weighted by Gasteiger charge is -2.21. The second kappa shape index (κ2) is 11.1. The van der Waals surface area contributed by atoms with E-state index >= 15 is 0 Å². The summed E-state index contributed by atoms with van der Waals surface area (Å²) in [7, 11) is 0. The SMILES string of the molecule is CC(Nc1cc(C(F)F)c(-c2sc(C(=O)N[C@H]3CCC[C@@H]3O)nc2C(=O)N2CC(F)(F)C[C@@H]2C)cn1)C(F)(F)F. The van der Waals surface area contributed by atoms with Gasteiger partial charge in [-0.2, -0.15) is 13.2 Å². The standard InChI is InChI=1S/C24H26F7N5O3S/c1-10-7-23(27,28)9-36(10)22(39)17-18(40-21(35-17)20(38)34-14-4-3-5-15(14)37)13-8-32-16(6-12(13)19(25)26)33-11(2)24(29,30)31/h6,8,10-11,14-15,19,37H,3-5,7,9H2,1-2H3,(H,32,33)(H,34,38)/t10-,11?,14-,15-/m0/s1. The number of aliphatic hydroxyl groups excluding tert-OH is 1. The van der Waals surface area contributed by atoms with Crippen molar-refractivity contribution in [1.82, 2.24) is 20.2 Å². The van der Waals surface area contributed by atoms with Gasteiger partial charge in [-0.05, 0) is 39.2 Å². The number of nitrogens with zero attached hydrogens (tertiary/aromatic N) is 3. The summed E-state index contributed by atoms with van der Waals surface area (Å²) in [5, 5.41) is 14.3. The van der Waals surface area contributed by atoms with Gasteiger partial charge in [0.15, 0.2) is 5.01 Å². The highest BCUT2D eigenvalue weighted by Gasteiger charge is 2.46. The molecule has 4 atom stereocenters. The third kappa shape index (κ3) is 6.32. The first-order valence-electron chi connectivity index (χ1n) is 12.4. The molecule has 0 radical (unpaired) electrons. The number of likely N-dealkylation sites (tertiary alicyclic amines) is 1.